The lowest BCUT2D eigenvalue weighted by Crippen LogP contribution is -2.46. The third-order valence-electron chi connectivity index (χ3n) is 7.46. The van der Waals surface area contributed by atoms with Gasteiger partial charge in [0.2, 0.25) is 5.95 Å². The molecule has 1 aromatic heterocycles. The highest BCUT2D eigenvalue weighted by Crippen LogP contribution is 2.39. The van der Waals surface area contributed by atoms with E-state index < -0.39 is 5.82 Å². The third kappa shape index (κ3) is 5.55. The van der Waals surface area contributed by atoms with Crippen molar-refractivity contribution in [2.45, 2.75) is 25.4 Å². The van der Waals surface area contributed by atoms with Crippen LogP contribution in [0.4, 0.5) is 16.0 Å². The zero-order valence-electron chi connectivity index (χ0n) is 22.3. The van der Waals surface area contributed by atoms with Gasteiger partial charge in [-0.2, -0.15) is 0 Å². The smallest absolute Gasteiger partial charge is 0.253 e. The van der Waals surface area contributed by atoms with E-state index in [1.807, 2.05) is 36.2 Å². The third-order valence-corrected chi connectivity index (χ3v) is 8.01. The average Bonchev–Trinajstić information content (AvgIpc) is 3.16. The van der Waals surface area contributed by atoms with Gasteiger partial charge in [0.1, 0.15) is 5.82 Å². The van der Waals surface area contributed by atoms with Crippen molar-refractivity contribution in [2.24, 2.45) is 4.99 Å². The molecule has 1 atom stereocenters. The van der Waals surface area contributed by atoms with E-state index in [1.54, 1.807) is 36.5 Å². The maximum atomic E-state index is 15.2. The van der Waals surface area contributed by atoms with E-state index in [0.29, 0.717) is 45.8 Å². The van der Waals surface area contributed by atoms with Gasteiger partial charge >= 0.3 is 0 Å². The van der Waals surface area contributed by atoms with E-state index in [0.717, 1.165) is 30.5 Å². The number of likely N-dealkylation sites (tertiary alicyclic amines) is 1. The topological polar surface area (TPSA) is 82.5 Å². The molecule has 10 heteroatoms. The van der Waals surface area contributed by atoms with Gasteiger partial charge in [-0.05, 0) is 68.4 Å². The highest BCUT2D eigenvalue weighted by atomic mass is 35.5. The molecule has 0 radical (unpaired) electrons. The molecule has 3 aromatic carbocycles. The Bertz CT molecular complexity index is 1640. The van der Waals surface area contributed by atoms with Crippen LogP contribution in [-0.4, -0.2) is 53.2 Å². The second-order valence-electron chi connectivity index (χ2n) is 10.1. The van der Waals surface area contributed by atoms with E-state index in [1.165, 1.54) is 6.07 Å². The molecule has 1 fully saturated rings. The summed E-state index contributed by atoms with van der Waals surface area (Å²) >= 11 is 12.8. The molecule has 2 N–H and O–H groups in total. The van der Waals surface area contributed by atoms with Gasteiger partial charge in [-0.1, -0.05) is 35.3 Å². The van der Waals surface area contributed by atoms with E-state index in [-0.39, 0.29) is 29.0 Å². The van der Waals surface area contributed by atoms with Crippen LogP contribution in [0.1, 0.15) is 34.3 Å². The average molecular weight is 590 g/mol. The van der Waals surface area contributed by atoms with Gasteiger partial charge in [-0.3, -0.25) is 9.79 Å². The molecule has 1 unspecified atom stereocenters. The number of aromatic nitrogens is 2. The Hall–Kier alpha value is -3.85. The standard InChI is InChI=1S/C31H27Cl2FN6O/c1-35-22-4-3-13-40(17-22)30(41)18-7-10-21(11-8-18)37-31-38-28-23-12-9-20(32)14-19(23)15-36-16-24(28)29(39-31)27-25(33)5-2-6-26(27)34/h2,5-12,14-15,22,35H,3-4,13,16-17H2,1H3,(H,37,38,39). The number of piperidine rings is 1. The first kappa shape index (κ1) is 27.3. The summed E-state index contributed by atoms with van der Waals surface area (Å²) in [6.07, 6.45) is 3.77. The van der Waals surface area contributed by atoms with Gasteiger partial charge in [0, 0.05) is 58.3 Å². The summed E-state index contributed by atoms with van der Waals surface area (Å²) in [6, 6.07) is 17.5. The number of fused-ring (bicyclic) bond motifs is 3. The lowest BCUT2D eigenvalue weighted by atomic mass is 9.98. The minimum atomic E-state index is -0.491. The summed E-state index contributed by atoms with van der Waals surface area (Å²) in [5, 5.41) is 7.32. The molecule has 0 bridgehead atoms. The van der Waals surface area contributed by atoms with E-state index in [4.69, 9.17) is 33.2 Å². The molecule has 0 saturated carbocycles. The molecule has 7 nitrogen and oxygen atoms in total. The summed E-state index contributed by atoms with van der Waals surface area (Å²) in [7, 11) is 1.93. The fourth-order valence-electron chi connectivity index (χ4n) is 5.34. The predicted octanol–water partition coefficient (Wildman–Crippen LogP) is 6.76. The summed E-state index contributed by atoms with van der Waals surface area (Å²) < 4.78 is 15.2. The number of hydrogen-bond acceptors (Lipinski definition) is 6. The molecule has 3 heterocycles. The SMILES string of the molecule is CNC1CCCN(C(=O)c2ccc(Nc3nc4c(c(-c5c(F)cccc5Cl)n3)CN=Cc3cc(Cl)ccc3-4)cc2)C1. The molecule has 6 rings (SSSR count). The molecule has 1 saturated heterocycles. The highest BCUT2D eigenvalue weighted by Gasteiger charge is 2.25. The Balaban J connectivity index is 1.37. The Morgan fingerprint density at radius 3 is 2.63 bits per heavy atom. The maximum absolute atomic E-state index is 15.2. The first-order valence-corrected chi connectivity index (χ1v) is 14.2. The van der Waals surface area contributed by atoms with Crippen molar-refractivity contribution in [3.63, 3.8) is 0 Å². The minimum Gasteiger partial charge on any atom is -0.337 e. The largest absolute Gasteiger partial charge is 0.337 e. The monoisotopic (exact) mass is 588 g/mol. The number of benzene rings is 3. The second kappa shape index (κ2) is 11.6. The Morgan fingerprint density at radius 1 is 1.05 bits per heavy atom. The van der Waals surface area contributed by atoms with Gasteiger partial charge in [-0.25, -0.2) is 14.4 Å². The molecule has 4 aromatic rings. The Morgan fingerprint density at radius 2 is 1.85 bits per heavy atom. The number of halogens is 3. The fraction of sp³-hybridized carbons (Fsp3) is 0.226. The van der Waals surface area contributed by atoms with Crippen LogP contribution in [0.5, 0.6) is 0 Å². The molecule has 41 heavy (non-hydrogen) atoms. The first-order valence-electron chi connectivity index (χ1n) is 13.4. The number of anilines is 2. The molecule has 208 valence electrons. The van der Waals surface area contributed by atoms with E-state index in [9.17, 15) is 4.79 Å². The predicted molar refractivity (Wildman–Crippen MR) is 162 cm³/mol. The lowest BCUT2D eigenvalue weighted by Gasteiger charge is -2.32. The van der Waals surface area contributed by atoms with Crippen LogP contribution in [-0.2, 0) is 6.54 Å². The van der Waals surface area contributed by atoms with Crippen LogP contribution >= 0.6 is 23.2 Å². The molecular weight excluding hydrogens is 562 g/mol. The van der Waals surface area contributed by atoms with Crippen molar-refractivity contribution >= 4 is 47.0 Å². The zero-order valence-corrected chi connectivity index (χ0v) is 23.8. The maximum Gasteiger partial charge on any atom is 0.253 e. The van der Waals surface area contributed by atoms with E-state index in [2.05, 4.69) is 15.6 Å². The van der Waals surface area contributed by atoms with Crippen LogP contribution in [0.2, 0.25) is 10.0 Å². The van der Waals surface area contributed by atoms with Gasteiger partial charge in [-0.15, -0.1) is 0 Å². The fourth-order valence-corrected chi connectivity index (χ4v) is 5.77. The lowest BCUT2D eigenvalue weighted by molar-refractivity contribution is 0.0698. The van der Waals surface area contributed by atoms with Crippen LogP contribution in [0.25, 0.3) is 22.5 Å². The van der Waals surface area contributed by atoms with Crippen molar-refractivity contribution in [2.75, 3.05) is 25.5 Å². The highest BCUT2D eigenvalue weighted by molar-refractivity contribution is 6.33. The number of nitrogens with one attached hydrogen (secondary N) is 2. The molecule has 2 aliphatic rings. The van der Waals surface area contributed by atoms with Crippen LogP contribution in [0.15, 0.2) is 65.7 Å². The molecule has 1 amide bonds. The normalized spacial score (nSPS) is 16.1. The minimum absolute atomic E-state index is 0.00419. The molecule has 0 spiro atoms. The molecular formula is C31H27Cl2FN6O. The Kier molecular flexibility index (Phi) is 7.71. The van der Waals surface area contributed by atoms with Gasteiger partial charge in [0.15, 0.2) is 0 Å². The second-order valence-corrected chi connectivity index (χ2v) is 10.9. The van der Waals surface area contributed by atoms with Crippen molar-refractivity contribution in [1.29, 1.82) is 0 Å². The molecule has 0 aliphatic carbocycles. The van der Waals surface area contributed by atoms with Crippen LogP contribution in [0.3, 0.4) is 0 Å². The summed E-state index contributed by atoms with van der Waals surface area (Å²) in [4.78, 5) is 29.1. The van der Waals surface area contributed by atoms with E-state index >= 15 is 4.39 Å². The van der Waals surface area contributed by atoms with Crippen LogP contribution in [0, 0.1) is 5.82 Å². The van der Waals surface area contributed by atoms with Crippen molar-refractivity contribution in [3.05, 3.63) is 93.2 Å². The van der Waals surface area contributed by atoms with Gasteiger partial charge < -0.3 is 15.5 Å². The number of carbonyl (C=O) groups is 1. The quantitative estimate of drug-likeness (QED) is 0.269. The van der Waals surface area contributed by atoms with Gasteiger partial charge in [0.05, 0.1) is 28.5 Å². The summed E-state index contributed by atoms with van der Waals surface area (Å²) in [6.45, 7) is 1.68. The number of nitrogens with zero attached hydrogens (tertiary/aromatic N) is 4. The number of carbonyl (C=O) groups excluding carboxylic acids is 1. The van der Waals surface area contributed by atoms with Crippen LogP contribution < -0.4 is 10.6 Å². The van der Waals surface area contributed by atoms with Crippen molar-refractivity contribution < 1.29 is 9.18 Å². The number of amides is 1. The zero-order chi connectivity index (χ0) is 28.5. The summed E-state index contributed by atoms with van der Waals surface area (Å²) in [5.41, 5.74) is 4.69. The number of rotatable bonds is 5. The number of likely N-dealkylation sites (N-methyl/N-ethyl adjacent to an activating group) is 1. The van der Waals surface area contributed by atoms with Crippen molar-refractivity contribution in [3.8, 4) is 22.5 Å². The summed E-state index contributed by atoms with van der Waals surface area (Å²) in [5.74, 6) is -0.229. The first-order chi connectivity index (χ1) is 19.9. The van der Waals surface area contributed by atoms with Crippen molar-refractivity contribution in [1.82, 2.24) is 20.2 Å². The molecule has 2 aliphatic heterocycles. The number of hydrogen-bond donors (Lipinski definition) is 2. The Labute approximate surface area is 247 Å². The van der Waals surface area contributed by atoms with Gasteiger partial charge in [0.25, 0.3) is 5.91 Å². The number of aliphatic imine (C=N–C) groups is 1.